The van der Waals surface area contributed by atoms with Crippen molar-refractivity contribution in [3.63, 3.8) is 0 Å². The summed E-state index contributed by atoms with van der Waals surface area (Å²) in [7, 11) is 0. The van der Waals surface area contributed by atoms with Crippen LogP contribution in [0.15, 0.2) is 24.3 Å². The highest BCUT2D eigenvalue weighted by Crippen LogP contribution is 2.26. The Morgan fingerprint density at radius 3 is 3.07 bits per heavy atom. The molecular weight excluding hydrogens is 174 g/mol. The normalized spacial score (nSPS) is 14.3. The molecule has 2 rings (SSSR count). The number of anilines is 1. The van der Waals surface area contributed by atoms with Crippen LogP contribution in [-0.4, -0.2) is 24.8 Å². The van der Waals surface area contributed by atoms with Crippen LogP contribution in [-0.2, 0) is 0 Å². The van der Waals surface area contributed by atoms with Gasteiger partial charge in [0.25, 0.3) is 0 Å². The molecule has 1 aliphatic heterocycles. The van der Waals surface area contributed by atoms with Crippen molar-refractivity contribution in [2.75, 3.05) is 24.6 Å². The van der Waals surface area contributed by atoms with Gasteiger partial charge in [0, 0.05) is 18.8 Å². The number of aryl methyl sites for hydroxylation is 1. The molecule has 0 saturated heterocycles. The molecule has 0 atom stereocenters. The van der Waals surface area contributed by atoms with E-state index < -0.39 is 0 Å². The van der Waals surface area contributed by atoms with Gasteiger partial charge in [-0.3, -0.25) is 0 Å². The highest BCUT2D eigenvalue weighted by atomic mass is 16.3. The van der Waals surface area contributed by atoms with Crippen molar-refractivity contribution in [3.05, 3.63) is 35.4 Å². The second-order valence-corrected chi connectivity index (χ2v) is 3.63. The molecule has 0 spiro atoms. The summed E-state index contributed by atoms with van der Waals surface area (Å²) < 4.78 is 0. The number of aliphatic hydroxyl groups is 1. The summed E-state index contributed by atoms with van der Waals surface area (Å²) >= 11 is 0. The lowest BCUT2D eigenvalue weighted by atomic mass is 10.1. The first-order chi connectivity index (χ1) is 6.81. The standard InChI is InChI=1S/C12H15NO/c1-10-4-5-11-3-2-6-13(7-8-14)12(11)9-10/h2-5,9,14H,6-8H2,1H3. The Bertz CT molecular complexity index is 357. The molecule has 1 N–H and O–H groups in total. The fourth-order valence-electron chi connectivity index (χ4n) is 1.81. The van der Waals surface area contributed by atoms with Crippen LogP contribution in [0, 0.1) is 6.92 Å². The van der Waals surface area contributed by atoms with Gasteiger partial charge in [0.15, 0.2) is 0 Å². The minimum atomic E-state index is 0.210. The van der Waals surface area contributed by atoms with E-state index in [9.17, 15) is 0 Å². The van der Waals surface area contributed by atoms with E-state index in [-0.39, 0.29) is 6.61 Å². The van der Waals surface area contributed by atoms with Crippen LogP contribution < -0.4 is 4.90 Å². The highest BCUT2D eigenvalue weighted by molar-refractivity contribution is 5.71. The SMILES string of the molecule is Cc1ccc2c(c1)N(CCO)CC=C2. The molecular formula is C12H15NO. The largest absolute Gasteiger partial charge is 0.395 e. The molecule has 1 heterocycles. The maximum atomic E-state index is 8.95. The quantitative estimate of drug-likeness (QED) is 0.767. The van der Waals surface area contributed by atoms with Crippen molar-refractivity contribution in [1.82, 2.24) is 0 Å². The Kier molecular flexibility index (Phi) is 2.55. The zero-order chi connectivity index (χ0) is 9.97. The van der Waals surface area contributed by atoms with Gasteiger partial charge in [0.1, 0.15) is 0 Å². The summed E-state index contributed by atoms with van der Waals surface area (Å²) in [4.78, 5) is 2.20. The van der Waals surface area contributed by atoms with E-state index in [0.29, 0.717) is 6.54 Å². The van der Waals surface area contributed by atoms with Gasteiger partial charge in [0.05, 0.1) is 6.61 Å². The van der Waals surface area contributed by atoms with E-state index in [1.807, 2.05) is 0 Å². The second-order valence-electron chi connectivity index (χ2n) is 3.63. The van der Waals surface area contributed by atoms with Crippen molar-refractivity contribution in [3.8, 4) is 0 Å². The molecule has 1 aromatic carbocycles. The lowest BCUT2D eigenvalue weighted by Gasteiger charge is -2.27. The van der Waals surface area contributed by atoms with Crippen molar-refractivity contribution >= 4 is 11.8 Å². The van der Waals surface area contributed by atoms with Crippen LogP contribution >= 0.6 is 0 Å². The molecule has 0 saturated carbocycles. The summed E-state index contributed by atoms with van der Waals surface area (Å²) in [6.07, 6.45) is 4.27. The first-order valence-corrected chi connectivity index (χ1v) is 4.94. The number of hydrogen-bond donors (Lipinski definition) is 1. The third-order valence-corrected chi connectivity index (χ3v) is 2.52. The smallest absolute Gasteiger partial charge is 0.0606 e. The van der Waals surface area contributed by atoms with E-state index >= 15 is 0 Å². The number of aliphatic hydroxyl groups excluding tert-OH is 1. The molecule has 14 heavy (non-hydrogen) atoms. The first-order valence-electron chi connectivity index (χ1n) is 4.94. The van der Waals surface area contributed by atoms with Crippen LogP contribution in [0.5, 0.6) is 0 Å². The highest BCUT2D eigenvalue weighted by Gasteiger charge is 2.11. The van der Waals surface area contributed by atoms with Gasteiger partial charge in [0.2, 0.25) is 0 Å². The maximum absolute atomic E-state index is 8.95. The maximum Gasteiger partial charge on any atom is 0.0606 e. The van der Waals surface area contributed by atoms with Crippen molar-refractivity contribution in [2.24, 2.45) is 0 Å². The minimum absolute atomic E-state index is 0.210. The van der Waals surface area contributed by atoms with Crippen LogP contribution in [0.2, 0.25) is 0 Å². The van der Waals surface area contributed by atoms with E-state index in [1.54, 1.807) is 0 Å². The summed E-state index contributed by atoms with van der Waals surface area (Å²) in [5.41, 5.74) is 3.75. The van der Waals surface area contributed by atoms with Crippen molar-refractivity contribution in [2.45, 2.75) is 6.92 Å². The summed E-state index contributed by atoms with van der Waals surface area (Å²) in [6.45, 7) is 3.91. The number of benzene rings is 1. The average Bonchev–Trinajstić information content (AvgIpc) is 2.19. The number of fused-ring (bicyclic) bond motifs is 1. The predicted molar refractivity (Wildman–Crippen MR) is 59.5 cm³/mol. The topological polar surface area (TPSA) is 23.5 Å². The molecule has 0 fully saturated rings. The van der Waals surface area contributed by atoms with E-state index in [2.05, 4.69) is 42.2 Å². The number of rotatable bonds is 2. The van der Waals surface area contributed by atoms with E-state index in [0.717, 1.165) is 6.54 Å². The van der Waals surface area contributed by atoms with E-state index in [4.69, 9.17) is 5.11 Å². The first kappa shape index (κ1) is 9.28. The molecule has 2 heteroatoms. The Hall–Kier alpha value is -1.28. The zero-order valence-electron chi connectivity index (χ0n) is 8.40. The molecule has 0 radical (unpaired) electrons. The summed E-state index contributed by atoms with van der Waals surface area (Å²) in [5.74, 6) is 0. The molecule has 0 bridgehead atoms. The third kappa shape index (κ3) is 1.66. The van der Waals surface area contributed by atoms with Crippen molar-refractivity contribution < 1.29 is 5.11 Å². The molecule has 1 aliphatic rings. The van der Waals surface area contributed by atoms with Gasteiger partial charge in [-0.1, -0.05) is 24.3 Å². The fraction of sp³-hybridized carbons (Fsp3) is 0.333. The third-order valence-electron chi connectivity index (χ3n) is 2.52. The van der Waals surface area contributed by atoms with Crippen LogP contribution in [0.1, 0.15) is 11.1 Å². The lowest BCUT2D eigenvalue weighted by molar-refractivity contribution is 0.303. The predicted octanol–water partition coefficient (Wildman–Crippen LogP) is 1.82. The fourth-order valence-corrected chi connectivity index (χ4v) is 1.81. The Labute approximate surface area is 84.5 Å². The average molecular weight is 189 g/mol. The number of β-amino-alcohol motifs (C(OH)–C–C–N with tert-alkyl or cyclic N) is 1. The molecule has 74 valence electrons. The lowest BCUT2D eigenvalue weighted by Crippen LogP contribution is -2.29. The molecule has 0 unspecified atom stereocenters. The van der Waals surface area contributed by atoms with Crippen molar-refractivity contribution in [1.29, 1.82) is 0 Å². The van der Waals surface area contributed by atoms with Gasteiger partial charge in [-0.05, 0) is 24.1 Å². The summed E-state index contributed by atoms with van der Waals surface area (Å²) in [5, 5.41) is 8.95. The Balaban J connectivity index is 2.37. The summed E-state index contributed by atoms with van der Waals surface area (Å²) in [6, 6.07) is 6.42. The van der Waals surface area contributed by atoms with Gasteiger partial charge in [-0.25, -0.2) is 0 Å². The molecule has 0 aliphatic carbocycles. The molecule has 2 nitrogen and oxygen atoms in total. The van der Waals surface area contributed by atoms with Gasteiger partial charge in [-0.15, -0.1) is 0 Å². The Morgan fingerprint density at radius 1 is 1.43 bits per heavy atom. The van der Waals surface area contributed by atoms with E-state index in [1.165, 1.54) is 16.8 Å². The monoisotopic (exact) mass is 189 g/mol. The van der Waals surface area contributed by atoms with Gasteiger partial charge >= 0.3 is 0 Å². The zero-order valence-corrected chi connectivity index (χ0v) is 8.40. The second kappa shape index (κ2) is 3.84. The number of hydrogen-bond acceptors (Lipinski definition) is 2. The van der Waals surface area contributed by atoms with Gasteiger partial charge in [-0.2, -0.15) is 0 Å². The van der Waals surface area contributed by atoms with Crippen LogP contribution in [0.4, 0.5) is 5.69 Å². The number of nitrogens with zero attached hydrogens (tertiary/aromatic N) is 1. The molecule has 0 amide bonds. The van der Waals surface area contributed by atoms with Gasteiger partial charge < -0.3 is 10.0 Å². The van der Waals surface area contributed by atoms with Crippen LogP contribution in [0.3, 0.4) is 0 Å². The Morgan fingerprint density at radius 2 is 2.29 bits per heavy atom. The van der Waals surface area contributed by atoms with Crippen LogP contribution in [0.25, 0.3) is 6.08 Å². The minimum Gasteiger partial charge on any atom is -0.395 e. The molecule has 0 aromatic heterocycles. The molecule has 1 aromatic rings.